The molecule has 0 heterocycles. The molecule has 0 spiro atoms. The molecule has 0 radical (unpaired) electrons. The Bertz CT molecular complexity index is 1040. The molecule has 0 aliphatic rings. The zero-order valence-electron chi connectivity index (χ0n) is 16.2. The molecular formula is C22H18F3NO4. The van der Waals surface area contributed by atoms with Gasteiger partial charge >= 0.3 is 12.0 Å². The van der Waals surface area contributed by atoms with E-state index in [-0.39, 0.29) is 23.8 Å². The van der Waals surface area contributed by atoms with Crippen molar-refractivity contribution < 1.29 is 27.6 Å². The molecule has 0 aliphatic carbocycles. The second-order valence-corrected chi connectivity index (χ2v) is 6.80. The van der Waals surface area contributed by atoms with Gasteiger partial charge in [0, 0.05) is 6.07 Å². The molecular weight excluding hydrogens is 399 g/mol. The Hall–Kier alpha value is -3.55. The molecule has 0 aliphatic heterocycles. The maximum atomic E-state index is 12.3. The molecule has 30 heavy (non-hydrogen) atoms. The van der Waals surface area contributed by atoms with E-state index in [4.69, 9.17) is 4.74 Å². The number of nitro groups is 1. The van der Waals surface area contributed by atoms with Crippen LogP contribution in [0.15, 0.2) is 60.7 Å². The van der Waals surface area contributed by atoms with Gasteiger partial charge in [0.05, 0.1) is 4.92 Å². The van der Waals surface area contributed by atoms with Gasteiger partial charge in [-0.05, 0) is 48.7 Å². The van der Waals surface area contributed by atoms with Gasteiger partial charge in [0.2, 0.25) is 0 Å². The van der Waals surface area contributed by atoms with E-state index in [0.29, 0.717) is 11.1 Å². The van der Waals surface area contributed by atoms with Crippen LogP contribution in [-0.4, -0.2) is 11.3 Å². The van der Waals surface area contributed by atoms with Crippen molar-refractivity contribution in [3.05, 3.63) is 87.5 Å². The standard InChI is InChI=1S/C22H18F3NO4/c1-14-9-15(2)11-16(10-14)13-29-21-8-5-18(12-20(21)26(27)28)17-3-6-19(7-4-17)30-22(23,24)25/h3-12H,13H2,1-2H3. The van der Waals surface area contributed by atoms with Crippen LogP contribution in [0, 0.1) is 24.0 Å². The van der Waals surface area contributed by atoms with Gasteiger partial charge in [-0.25, -0.2) is 0 Å². The second-order valence-electron chi connectivity index (χ2n) is 6.80. The number of aryl methyl sites for hydroxylation is 2. The van der Waals surface area contributed by atoms with E-state index in [2.05, 4.69) is 4.74 Å². The summed E-state index contributed by atoms with van der Waals surface area (Å²) in [6.07, 6.45) is -4.78. The summed E-state index contributed by atoms with van der Waals surface area (Å²) in [7, 11) is 0. The minimum absolute atomic E-state index is 0.111. The van der Waals surface area contributed by atoms with Crippen LogP contribution in [0.5, 0.6) is 11.5 Å². The molecule has 8 heteroatoms. The summed E-state index contributed by atoms with van der Waals surface area (Å²) in [5, 5.41) is 11.5. The molecule has 0 aromatic heterocycles. The Morgan fingerprint density at radius 2 is 1.50 bits per heavy atom. The lowest BCUT2D eigenvalue weighted by molar-refractivity contribution is -0.385. The molecule has 0 amide bonds. The summed E-state index contributed by atoms with van der Waals surface area (Å²) in [5.41, 5.74) is 3.78. The lowest BCUT2D eigenvalue weighted by Gasteiger charge is -2.11. The van der Waals surface area contributed by atoms with Gasteiger partial charge in [-0.15, -0.1) is 13.2 Å². The number of benzene rings is 3. The Kier molecular flexibility index (Phi) is 5.96. The summed E-state index contributed by atoms with van der Waals surface area (Å²) < 4.78 is 46.3. The van der Waals surface area contributed by atoms with E-state index in [0.717, 1.165) is 28.8 Å². The smallest absolute Gasteiger partial charge is 0.482 e. The van der Waals surface area contributed by atoms with Crippen molar-refractivity contribution in [1.82, 2.24) is 0 Å². The Morgan fingerprint density at radius 3 is 2.07 bits per heavy atom. The number of hydrogen-bond acceptors (Lipinski definition) is 4. The number of alkyl halides is 3. The average molecular weight is 417 g/mol. The largest absolute Gasteiger partial charge is 0.573 e. The van der Waals surface area contributed by atoms with Crippen molar-refractivity contribution in [2.75, 3.05) is 0 Å². The third kappa shape index (κ3) is 5.50. The summed E-state index contributed by atoms with van der Waals surface area (Å²) in [6.45, 7) is 4.09. The predicted molar refractivity (Wildman–Crippen MR) is 105 cm³/mol. The summed E-state index contributed by atoms with van der Waals surface area (Å²) >= 11 is 0. The summed E-state index contributed by atoms with van der Waals surface area (Å²) in [6, 6.07) is 15.4. The predicted octanol–water partition coefficient (Wildman–Crippen LogP) is 6.36. The molecule has 0 saturated heterocycles. The number of rotatable bonds is 6. The molecule has 0 atom stereocenters. The maximum absolute atomic E-state index is 12.3. The first-order chi connectivity index (χ1) is 14.1. The van der Waals surface area contributed by atoms with Crippen LogP contribution >= 0.6 is 0 Å². The normalized spacial score (nSPS) is 11.2. The fraction of sp³-hybridized carbons (Fsp3) is 0.182. The van der Waals surface area contributed by atoms with Crippen LogP contribution in [0.3, 0.4) is 0 Å². The Morgan fingerprint density at radius 1 is 0.900 bits per heavy atom. The van der Waals surface area contributed by atoms with Gasteiger partial charge in [0.25, 0.3) is 0 Å². The molecule has 3 rings (SSSR count). The molecule has 0 N–H and O–H groups in total. The van der Waals surface area contributed by atoms with Gasteiger partial charge in [-0.2, -0.15) is 0 Å². The number of nitrogens with zero attached hydrogens (tertiary/aromatic N) is 1. The SMILES string of the molecule is Cc1cc(C)cc(COc2ccc(-c3ccc(OC(F)(F)F)cc3)cc2[N+](=O)[O-])c1. The molecule has 0 bridgehead atoms. The van der Waals surface area contributed by atoms with Crippen LogP contribution in [0.2, 0.25) is 0 Å². The minimum Gasteiger partial charge on any atom is -0.482 e. The van der Waals surface area contributed by atoms with Crippen molar-refractivity contribution in [2.24, 2.45) is 0 Å². The van der Waals surface area contributed by atoms with E-state index in [9.17, 15) is 23.3 Å². The molecule has 0 unspecified atom stereocenters. The van der Waals surface area contributed by atoms with Crippen LogP contribution in [0.1, 0.15) is 16.7 Å². The number of nitro benzene ring substituents is 1. The van der Waals surface area contributed by atoms with E-state index >= 15 is 0 Å². The van der Waals surface area contributed by atoms with E-state index < -0.39 is 11.3 Å². The fourth-order valence-corrected chi connectivity index (χ4v) is 3.12. The highest BCUT2D eigenvalue weighted by atomic mass is 19.4. The third-order valence-corrected chi connectivity index (χ3v) is 4.25. The van der Waals surface area contributed by atoms with Crippen molar-refractivity contribution in [3.63, 3.8) is 0 Å². The van der Waals surface area contributed by atoms with Crippen LogP contribution in [-0.2, 0) is 6.61 Å². The van der Waals surface area contributed by atoms with Gasteiger partial charge < -0.3 is 9.47 Å². The molecule has 5 nitrogen and oxygen atoms in total. The van der Waals surface area contributed by atoms with E-state index in [1.54, 1.807) is 6.07 Å². The quantitative estimate of drug-likeness (QED) is 0.346. The van der Waals surface area contributed by atoms with Crippen molar-refractivity contribution in [3.8, 4) is 22.6 Å². The van der Waals surface area contributed by atoms with Gasteiger partial charge in [-0.1, -0.05) is 47.5 Å². The number of halogens is 3. The summed E-state index contributed by atoms with van der Waals surface area (Å²) in [5.74, 6) is -0.255. The number of hydrogen-bond donors (Lipinski definition) is 0. The summed E-state index contributed by atoms with van der Waals surface area (Å²) in [4.78, 5) is 11.0. The lowest BCUT2D eigenvalue weighted by atomic mass is 10.0. The minimum atomic E-state index is -4.78. The average Bonchev–Trinajstić information content (AvgIpc) is 2.65. The van der Waals surface area contributed by atoms with Gasteiger partial charge in [0.15, 0.2) is 5.75 Å². The Labute approximate surface area is 170 Å². The first-order valence-corrected chi connectivity index (χ1v) is 8.95. The topological polar surface area (TPSA) is 61.6 Å². The third-order valence-electron chi connectivity index (χ3n) is 4.25. The fourth-order valence-electron chi connectivity index (χ4n) is 3.12. The van der Waals surface area contributed by atoms with Crippen molar-refractivity contribution in [2.45, 2.75) is 26.8 Å². The highest BCUT2D eigenvalue weighted by Crippen LogP contribution is 2.34. The van der Waals surface area contributed by atoms with Crippen LogP contribution < -0.4 is 9.47 Å². The van der Waals surface area contributed by atoms with Gasteiger partial charge in [0.1, 0.15) is 12.4 Å². The van der Waals surface area contributed by atoms with Gasteiger partial charge in [-0.3, -0.25) is 10.1 Å². The molecule has 3 aromatic carbocycles. The van der Waals surface area contributed by atoms with Crippen LogP contribution in [0.4, 0.5) is 18.9 Å². The zero-order valence-corrected chi connectivity index (χ0v) is 16.2. The zero-order chi connectivity index (χ0) is 21.9. The molecule has 156 valence electrons. The monoisotopic (exact) mass is 417 g/mol. The van der Waals surface area contributed by atoms with Crippen molar-refractivity contribution >= 4 is 5.69 Å². The van der Waals surface area contributed by atoms with E-state index in [1.807, 2.05) is 32.0 Å². The molecule has 0 fully saturated rings. The lowest BCUT2D eigenvalue weighted by Crippen LogP contribution is -2.16. The van der Waals surface area contributed by atoms with Crippen LogP contribution in [0.25, 0.3) is 11.1 Å². The maximum Gasteiger partial charge on any atom is 0.573 e. The highest BCUT2D eigenvalue weighted by molar-refractivity contribution is 5.69. The highest BCUT2D eigenvalue weighted by Gasteiger charge is 2.31. The number of ether oxygens (including phenoxy) is 2. The van der Waals surface area contributed by atoms with Crippen molar-refractivity contribution in [1.29, 1.82) is 0 Å². The first kappa shape index (κ1) is 21.2. The first-order valence-electron chi connectivity index (χ1n) is 8.95. The second kappa shape index (κ2) is 8.44. The Balaban J connectivity index is 1.82. The van der Waals surface area contributed by atoms with E-state index in [1.165, 1.54) is 24.3 Å². The molecule has 3 aromatic rings. The molecule has 0 saturated carbocycles.